The van der Waals surface area contributed by atoms with Crippen LogP contribution in [0.3, 0.4) is 0 Å². The molecule has 0 saturated heterocycles. The van der Waals surface area contributed by atoms with E-state index >= 15 is 0 Å². The van der Waals surface area contributed by atoms with Crippen LogP contribution in [0.1, 0.15) is 12.5 Å². The van der Waals surface area contributed by atoms with Gasteiger partial charge in [0, 0.05) is 30.0 Å². The molecule has 3 rings (SSSR count). The van der Waals surface area contributed by atoms with Crippen LogP contribution in [-0.4, -0.2) is 30.2 Å². The number of hydrogen-bond donors (Lipinski definition) is 2. The average Bonchev–Trinajstić information content (AvgIpc) is 2.60. The van der Waals surface area contributed by atoms with Gasteiger partial charge >= 0.3 is 0 Å². The molecule has 2 aromatic carbocycles. The number of hydrogen-bond acceptors (Lipinski definition) is 5. The van der Waals surface area contributed by atoms with Crippen LogP contribution >= 0.6 is 0 Å². The van der Waals surface area contributed by atoms with E-state index in [1.165, 1.54) is 6.92 Å². The van der Waals surface area contributed by atoms with E-state index in [1.807, 2.05) is 19.1 Å². The SMILES string of the molecule is COc1cc2nc(-c3ccc(O)cc3OC)cc(C)c2cc1NC(C)=O. The number of carbonyl (C=O) groups is 1. The van der Waals surface area contributed by atoms with Gasteiger partial charge in [0.2, 0.25) is 5.91 Å². The minimum Gasteiger partial charge on any atom is -0.508 e. The number of anilines is 1. The first kappa shape index (κ1) is 17.5. The maximum Gasteiger partial charge on any atom is 0.221 e. The zero-order valence-electron chi connectivity index (χ0n) is 15.1. The molecule has 26 heavy (non-hydrogen) atoms. The van der Waals surface area contributed by atoms with Gasteiger partial charge in [0.25, 0.3) is 0 Å². The van der Waals surface area contributed by atoms with Crippen LogP contribution in [0.4, 0.5) is 5.69 Å². The Morgan fingerprint density at radius 2 is 1.81 bits per heavy atom. The number of rotatable bonds is 4. The van der Waals surface area contributed by atoms with Crippen LogP contribution in [0.25, 0.3) is 22.2 Å². The van der Waals surface area contributed by atoms with Gasteiger partial charge in [0.05, 0.1) is 31.1 Å². The molecule has 0 unspecified atom stereocenters. The first-order valence-corrected chi connectivity index (χ1v) is 8.07. The van der Waals surface area contributed by atoms with E-state index in [0.29, 0.717) is 17.2 Å². The lowest BCUT2D eigenvalue weighted by Gasteiger charge is -2.14. The van der Waals surface area contributed by atoms with Crippen molar-refractivity contribution in [3.8, 4) is 28.5 Å². The number of phenols is 1. The summed E-state index contributed by atoms with van der Waals surface area (Å²) < 4.78 is 10.8. The van der Waals surface area contributed by atoms with Gasteiger partial charge in [0.15, 0.2) is 0 Å². The monoisotopic (exact) mass is 352 g/mol. The molecule has 0 atom stereocenters. The summed E-state index contributed by atoms with van der Waals surface area (Å²) in [5.74, 6) is 1.04. The normalized spacial score (nSPS) is 10.6. The summed E-state index contributed by atoms with van der Waals surface area (Å²) in [4.78, 5) is 16.1. The lowest BCUT2D eigenvalue weighted by atomic mass is 10.0. The second-order valence-electron chi connectivity index (χ2n) is 5.96. The molecule has 0 fully saturated rings. The number of aromatic nitrogens is 1. The summed E-state index contributed by atoms with van der Waals surface area (Å²) in [7, 11) is 3.10. The molecule has 1 heterocycles. The molecule has 0 aliphatic heterocycles. The first-order valence-electron chi connectivity index (χ1n) is 8.07. The largest absolute Gasteiger partial charge is 0.508 e. The van der Waals surface area contributed by atoms with Crippen molar-refractivity contribution in [2.45, 2.75) is 13.8 Å². The summed E-state index contributed by atoms with van der Waals surface area (Å²) in [6.45, 7) is 3.43. The summed E-state index contributed by atoms with van der Waals surface area (Å²) in [5, 5.41) is 13.3. The highest BCUT2D eigenvalue weighted by Crippen LogP contribution is 2.36. The lowest BCUT2D eigenvalue weighted by molar-refractivity contribution is -0.114. The number of phenolic OH excluding ortho intramolecular Hbond substituents is 1. The number of carbonyl (C=O) groups excluding carboxylic acids is 1. The van der Waals surface area contributed by atoms with Crippen LogP contribution < -0.4 is 14.8 Å². The Bertz CT molecular complexity index is 999. The number of pyridine rings is 1. The summed E-state index contributed by atoms with van der Waals surface area (Å²) in [6, 6.07) is 10.5. The summed E-state index contributed by atoms with van der Waals surface area (Å²) in [5.41, 5.74) is 3.84. The van der Waals surface area contributed by atoms with Crippen LogP contribution in [0.2, 0.25) is 0 Å². The quantitative estimate of drug-likeness (QED) is 0.744. The highest BCUT2D eigenvalue weighted by molar-refractivity contribution is 5.96. The van der Waals surface area contributed by atoms with Crippen LogP contribution in [0.5, 0.6) is 17.2 Å². The minimum atomic E-state index is -0.168. The van der Waals surface area contributed by atoms with Gasteiger partial charge in [-0.05, 0) is 36.8 Å². The Balaban J connectivity index is 2.21. The van der Waals surface area contributed by atoms with Gasteiger partial charge in [-0.3, -0.25) is 4.79 Å². The van der Waals surface area contributed by atoms with Crippen molar-refractivity contribution in [2.24, 2.45) is 0 Å². The molecule has 6 heteroatoms. The number of benzene rings is 2. The smallest absolute Gasteiger partial charge is 0.221 e. The Morgan fingerprint density at radius 1 is 1.08 bits per heavy atom. The molecule has 0 bridgehead atoms. The number of nitrogens with zero attached hydrogens (tertiary/aromatic N) is 1. The molecule has 0 saturated carbocycles. The number of methoxy groups -OCH3 is 2. The topological polar surface area (TPSA) is 80.7 Å². The van der Waals surface area contributed by atoms with E-state index in [0.717, 1.165) is 27.7 Å². The maximum absolute atomic E-state index is 11.4. The predicted octanol–water partition coefficient (Wildman–Crippen LogP) is 3.89. The molecule has 0 aliphatic rings. The van der Waals surface area contributed by atoms with E-state index in [1.54, 1.807) is 38.5 Å². The molecular weight excluding hydrogens is 332 g/mol. The Hall–Kier alpha value is -3.28. The number of amides is 1. The second-order valence-corrected chi connectivity index (χ2v) is 5.96. The van der Waals surface area contributed by atoms with E-state index in [-0.39, 0.29) is 11.7 Å². The molecule has 0 aliphatic carbocycles. The summed E-state index contributed by atoms with van der Waals surface area (Å²) in [6.07, 6.45) is 0. The van der Waals surface area contributed by atoms with E-state index in [2.05, 4.69) is 5.32 Å². The number of fused-ring (bicyclic) bond motifs is 1. The van der Waals surface area contributed by atoms with Gasteiger partial charge in [0.1, 0.15) is 17.2 Å². The number of ether oxygens (including phenoxy) is 2. The van der Waals surface area contributed by atoms with Crippen molar-refractivity contribution in [1.29, 1.82) is 0 Å². The molecule has 3 aromatic rings. The molecule has 0 spiro atoms. The fourth-order valence-electron chi connectivity index (χ4n) is 2.91. The molecule has 1 aromatic heterocycles. The average molecular weight is 352 g/mol. The lowest BCUT2D eigenvalue weighted by Crippen LogP contribution is -2.07. The fourth-order valence-corrected chi connectivity index (χ4v) is 2.91. The third kappa shape index (κ3) is 3.26. The van der Waals surface area contributed by atoms with Gasteiger partial charge in [-0.2, -0.15) is 0 Å². The van der Waals surface area contributed by atoms with Gasteiger partial charge in [-0.1, -0.05) is 0 Å². The van der Waals surface area contributed by atoms with Crippen molar-refractivity contribution in [3.63, 3.8) is 0 Å². The maximum atomic E-state index is 11.4. The molecule has 2 N–H and O–H groups in total. The Morgan fingerprint density at radius 3 is 2.46 bits per heavy atom. The second kappa shape index (κ2) is 6.92. The van der Waals surface area contributed by atoms with Gasteiger partial charge < -0.3 is 19.9 Å². The van der Waals surface area contributed by atoms with Crippen LogP contribution in [-0.2, 0) is 4.79 Å². The third-order valence-electron chi connectivity index (χ3n) is 4.11. The van der Waals surface area contributed by atoms with Crippen molar-refractivity contribution >= 4 is 22.5 Å². The van der Waals surface area contributed by atoms with Crippen molar-refractivity contribution in [2.75, 3.05) is 19.5 Å². The molecule has 0 radical (unpaired) electrons. The van der Waals surface area contributed by atoms with Crippen molar-refractivity contribution < 1.29 is 19.4 Å². The van der Waals surface area contributed by atoms with E-state index < -0.39 is 0 Å². The van der Waals surface area contributed by atoms with Crippen molar-refractivity contribution in [3.05, 3.63) is 42.0 Å². The highest BCUT2D eigenvalue weighted by atomic mass is 16.5. The Labute approximate surface area is 151 Å². The zero-order valence-corrected chi connectivity index (χ0v) is 15.1. The van der Waals surface area contributed by atoms with Gasteiger partial charge in [-0.25, -0.2) is 4.98 Å². The molecular formula is C20H20N2O4. The predicted molar refractivity (Wildman–Crippen MR) is 101 cm³/mol. The number of nitrogens with one attached hydrogen (secondary N) is 1. The standard InChI is InChI=1S/C20H20N2O4/c1-11-7-16(14-6-5-13(24)8-19(14)25-3)22-17-10-20(26-4)18(9-15(11)17)21-12(2)23/h5-10,24H,1-4H3,(H,21,23). The third-order valence-corrected chi connectivity index (χ3v) is 4.11. The van der Waals surface area contributed by atoms with Crippen molar-refractivity contribution in [1.82, 2.24) is 4.98 Å². The number of aryl methyl sites for hydroxylation is 1. The van der Waals surface area contributed by atoms with E-state index in [4.69, 9.17) is 14.5 Å². The molecule has 134 valence electrons. The highest BCUT2D eigenvalue weighted by Gasteiger charge is 2.14. The fraction of sp³-hybridized carbons (Fsp3) is 0.200. The first-order chi connectivity index (χ1) is 12.4. The van der Waals surface area contributed by atoms with E-state index in [9.17, 15) is 9.90 Å². The molecule has 1 amide bonds. The molecule has 6 nitrogen and oxygen atoms in total. The van der Waals surface area contributed by atoms with Crippen LogP contribution in [0.15, 0.2) is 36.4 Å². The summed E-state index contributed by atoms with van der Waals surface area (Å²) >= 11 is 0. The van der Waals surface area contributed by atoms with Gasteiger partial charge in [-0.15, -0.1) is 0 Å². The zero-order chi connectivity index (χ0) is 18.8. The van der Waals surface area contributed by atoms with Crippen LogP contribution in [0, 0.1) is 6.92 Å². The number of aromatic hydroxyl groups is 1. The minimum absolute atomic E-state index is 0.129. The Kier molecular flexibility index (Phi) is 4.67.